The van der Waals surface area contributed by atoms with Crippen molar-refractivity contribution in [2.24, 2.45) is 0 Å². The monoisotopic (exact) mass is 444 g/mol. The van der Waals surface area contributed by atoms with Crippen LogP contribution in [0.2, 0.25) is 0 Å². The van der Waals surface area contributed by atoms with Crippen molar-refractivity contribution in [1.29, 1.82) is 0 Å². The first kappa shape index (κ1) is 20.6. The number of benzene rings is 1. The molecule has 4 aromatic rings. The predicted octanol–water partition coefficient (Wildman–Crippen LogP) is 2.80. The molecule has 1 saturated heterocycles. The van der Waals surface area contributed by atoms with Crippen molar-refractivity contribution in [2.75, 3.05) is 35.6 Å². The van der Waals surface area contributed by atoms with Crippen molar-refractivity contribution in [3.8, 4) is 11.1 Å². The third-order valence-corrected chi connectivity index (χ3v) is 5.59. The number of halogens is 1. The van der Waals surface area contributed by atoms with Gasteiger partial charge in [-0.15, -0.1) is 10.2 Å². The quantitative estimate of drug-likeness (QED) is 0.411. The Morgan fingerprint density at radius 3 is 2.76 bits per heavy atom. The van der Waals surface area contributed by atoms with Crippen LogP contribution in [-0.4, -0.2) is 45.7 Å². The number of aryl methyl sites for hydroxylation is 1. The van der Waals surface area contributed by atoms with Gasteiger partial charge in [-0.3, -0.25) is 9.78 Å². The standard InChI is InChI=1S/C23H21FN8O/c1-13-4-5-26-11-17(13)16-8-14-9-19(30-31-23(14)22(25)21(16)24)29-18-3-2-15(10-28-18)32-7-6-27-20(33)12-32/h2-5,8-11H,6-7,12,25H2,1H3,(H,27,33)(H,28,29,30). The van der Waals surface area contributed by atoms with E-state index in [0.29, 0.717) is 41.2 Å². The van der Waals surface area contributed by atoms with Gasteiger partial charge in [0.1, 0.15) is 11.3 Å². The number of anilines is 4. The number of rotatable bonds is 4. The van der Waals surface area contributed by atoms with Gasteiger partial charge in [0.15, 0.2) is 11.6 Å². The van der Waals surface area contributed by atoms with Gasteiger partial charge in [0.05, 0.1) is 24.1 Å². The molecule has 0 saturated carbocycles. The predicted molar refractivity (Wildman–Crippen MR) is 125 cm³/mol. The summed E-state index contributed by atoms with van der Waals surface area (Å²) in [5.41, 5.74) is 9.04. The maximum Gasteiger partial charge on any atom is 0.239 e. The largest absolute Gasteiger partial charge is 0.395 e. The van der Waals surface area contributed by atoms with Crippen LogP contribution in [0.1, 0.15) is 5.56 Å². The minimum Gasteiger partial charge on any atom is -0.395 e. The number of piperazine rings is 1. The summed E-state index contributed by atoms with van der Waals surface area (Å²) in [5.74, 6) is 0.455. The number of hydrogen-bond acceptors (Lipinski definition) is 8. The number of nitrogens with one attached hydrogen (secondary N) is 2. The van der Waals surface area contributed by atoms with Gasteiger partial charge < -0.3 is 21.3 Å². The molecule has 1 aliphatic rings. The number of nitrogens with zero attached hydrogens (tertiary/aromatic N) is 5. The Labute approximate surface area is 188 Å². The second kappa shape index (κ2) is 8.30. The molecule has 9 nitrogen and oxygen atoms in total. The van der Waals surface area contributed by atoms with E-state index >= 15 is 0 Å². The molecule has 0 aliphatic carbocycles. The Morgan fingerprint density at radius 1 is 1.12 bits per heavy atom. The second-order valence-electron chi connectivity index (χ2n) is 7.81. The van der Waals surface area contributed by atoms with E-state index in [9.17, 15) is 9.18 Å². The van der Waals surface area contributed by atoms with Gasteiger partial charge in [-0.2, -0.15) is 0 Å². The SMILES string of the molecule is Cc1ccncc1-c1cc2cc(Nc3ccc(N4CCNC(=O)C4)cn3)nnc2c(N)c1F. The molecule has 1 aliphatic heterocycles. The lowest BCUT2D eigenvalue weighted by Crippen LogP contribution is -2.47. The summed E-state index contributed by atoms with van der Waals surface area (Å²) in [4.78, 5) is 22.1. The van der Waals surface area contributed by atoms with Gasteiger partial charge in [-0.1, -0.05) is 0 Å². The fourth-order valence-corrected chi connectivity index (χ4v) is 3.83. The number of hydrogen-bond donors (Lipinski definition) is 3. The van der Waals surface area contributed by atoms with Crippen LogP contribution in [0.3, 0.4) is 0 Å². The topological polar surface area (TPSA) is 122 Å². The van der Waals surface area contributed by atoms with Crippen LogP contribution in [0.25, 0.3) is 22.0 Å². The summed E-state index contributed by atoms with van der Waals surface area (Å²) < 4.78 is 15.0. The van der Waals surface area contributed by atoms with Crippen molar-refractivity contribution >= 4 is 39.8 Å². The summed E-state index contributed by atoms with van der Waals surface area (Å²) >= 11 is 0. The molecule has 10 heteroatoms. The highest BCUT2D eigenvalue weighted by atomic mass is 19.1. The number of amides is 1. The number of carbonyl (C=O) groups is 1. The lowest BCUT2D eigenvalue weighted by Gasteiger charge is -2.28. The summed E-state index contributed by atoms with van der Waals surface area (Å²) in [5, 5.41) is 14.8. The van der Waals surface area contributed by atoms with Crippen LogP contribution < -0.4 is 21.3 Å². The van der Waals surface area contributed by atoms with Crippen molar-refractivity contribution in [1.82, 2.24) is 25.5 Å². The lowest BCUT2D eigenvalue weighted by atomic mass is 9.99. The molecule has 3 aromatic heterocycles. The highest BCUT2D eigenvalue weighted by molar-refractivity contribution is 5.95. The van der Waals surface area contributed by atoms with Crippen LogP contribution in [-0.2, 0) is 4.79 Å². The second-order valence-corrected chi connectivity index (χ2v) is 7.81. The number of fused-ring (bicyclic) bond motifs is 1. The van der Waals surface area contributed by atoms with Crippen molar-refractivity contribution in [2.45, 2.75) is 6.92 Å². The van der Waals surface area contributed by atoms with E-state index in [-0.39, 0.29) is 17.1 Å². The Kier molecular flexibility index (Phi) is 5.17. The molecule has 4 N–H and O–H groups in total. The number of pyridine rings is 2. The van der Waals surface area contributed by atoms with Crippen molar-refractivity contribution in [3.05, 3.63) is 60.3 Å². The van der Waals surface area contributed by atoms with Crippen molar-refractivity contribution in [3.63, 3.8) is 0 Å². The van der Waals surface area contributed by atoms with E-state index in [1.54, 1.807) is 36.8 Å². The highest BCUT2D eigenvalue weighted by Gasteiger charge is 2.18. The Hall–Kier alpha value is -4.34. The summed E-state index contributed by atoms with van der Waals surface area (Å²) in [6, 6.07) is 8.95. The molecular formula is C23H21FN8O. The van der Waals surface area contributed by atoms with Crippen LogP contribution in [0.15, 0.2) is 48.9 Å². The van der Waals surface area contributed by atoms with E-state index in [1.165, 1.54) is 0 Å². The number of nitrogen functional groups attached to an aromatic ring is 1. The third kappa shape index (κ3) is 3.98. The van der Waals surface area contributed by atoms with E-state index in [0.717, 1.165) is 17.8 Å². The average Bonchev–Trinajstić information content (AvgIpc) is 2.82. The fraction of sp³-hybridized carbons (Fsp3) is 0.174. The van der Waals surface area contributed by atoms with Gasteiger partial charge in [-0.05, 0) is 42.8 Å². The molecule has 0 radical (unpaired) electrons. The highest BCUT2D eigenvalue weighted by Crippen LogP contribution is 2.34. The molecule has 33 heavy (non-hydrogen) atoms. The first-order valence-corrected chi connectivity index (χ1v) is 10.4. The Balaban J connectivity index is 1.44. The molecule has 5 rings (SSSR count). The number of aromatic nitrogens is 4. The average molecular weight is 444 g/mol. The zero-order chi connectivity index (χ0) is 22.9. The maximum absolute atomic E-state index is 15.0. The Bertz CT molecular complexity index is 1360. The van der Waals surface area contributed by atoms with E-state index in [1.807, 2.05) is 24.0 Å². The van der Waals surface area contributed by atoms with E-state index < -0.39 is 5.82 Å². The molecule has 0 spiro atoms. The first-order chi connectivity index (χ1) is 16.0. The van der Waals surface area contributed by atoms with E-state index in [2.05, 4.69) is 30.8 Å². The molecule has 1 amide bonds. The first-order valence-electron chi connectivity index (χ1n) is 10.4. The molecule has 1 fully saturated rings. The van der Waals surface area contributed by atoms with Gasteiger partial charge in [-0.25, -0.2) is 9.37 Å². The maximum atomic E-state index is 15.0. The van der Waals surface area contributed by atoms with Crippen LogP contribution >= 0.6 is 0 Å². The molecule has 0 unspecified atom stereocenters. The summed E-state index contributed by atoms with van der Waals surface area (Å²) in [6.45, 7) is 3.53. The van der Waals surface area contributed by atoms with Gasteiger partial charge in [0.2, 0.25) is 5.91 Å². The molecule has 166 valence electrons. The van der Waals surface area contributed by atoms with Crippen molar-refractivity contribution < 1.29 is 9.18 Å². The molecule has 4 heterocycles. The zero-order valence-corrected chi connectivity index (χ0v) is 17.8. The molecular weight excluding hydrogens is 423 g/mol. The summed E-state index contributed by atoms with van der Waals surface area (Å²) in [7, 11) is 0. The van der Waals surface area contributed by atoms with Crippen LogP contribution in [0.4, 0.5) is 27.4 Å². The summed E-state index contributed by atoms with van der Waals surface area (Å²) in [6.07, 6.45) is 4.98. The number of carbonyl (C=O) groups excluding carboxylic acids is 1. The van der Waals surface area contributed by atoms with Gasteiger partial charge in [0.25, 0.3) is 0 Å². The molecule has 1 aromatic carbocycles. The molecule has 0 atom stereocenters. The fourth-order valence-electron chi connectivity index (χ4n) is 3.83. The Morgan fingerprint density at radius 2 is 2.00 bits per heavy atom. The minimum absolute atomic E-state index is 0.00792. The zero-order valence-electron chi connectivity index (χ0n) is 17.8. The number of nitrogens with two attached hydrogens (primary N) is 1. The van der Waals surface area contributed by atoms with Gasteiger partial charge >= 0.3 is 0 Å². The van der Waals surface area contributed by atoms with Crippen LogP contribution in [0.5, 0.6) is 0 Å². The lowest BCUT2D eigenvalue weighted by molar-refractivity contribution is -0.120. The minimum atomic E-state index is -0.544. The molecule has 0 bridgehead atoms. The van der Waals surface area contributed by atoms with E-state index in [4.69, 9.17) is 5.73 Å². The normalized spacial score (nSPS) is 13.8. The van der Waals surface area contributed by atoms with Gasteiger partial charge in [0, 0.05) is 42.0 Å². The third-order valence-electron chi connectivity index (χ3n) is 5.59. The van der Waals surface area contributed by atoms with Crippen LogP contribution in [0, 0.1) is 12.7 Å². The smallest absolute Gasteiger partial charge is 0.239 e.